The number of para-hydroxylation sites is 2. The second-order valence-corrected chi connectivity index (χ2v) is 5.18. The number of aromatic nitrogens is 1. The van der Waals surface area contributed by atoms with Crippen molar-refractivity contribution < 1.29 is 0 Å². The van der Waals surface area contributed by atoms with Gasteiger partial charge in [-0.1, -0.05) is 42.5 Å². The molecule has 0 amide bonds. The van der Waals surface area contributed by atoms with Gasteiger partial charge < -0.3 is 5.32 Å². The smallest absolute Gasteiger partial charge is 0.185 e. The fourth-order valence-electron chi connectivity index (χ4n) is 2.30. The van der Waals surface area contributed by atoms with E-state index in [0.717, 1.165) is 27.5 Å². The van der Waals surface area contributed by atoms with E-state index in [2.05, 4.69) is 27.7 Å². The van der Waals surface area contributed by atoms with E-state index < -0.39 is 0 Å². The quantitative estimate of drug-likeness (QED) is 0.299. The summed E-state index contributed by atoms with van der Waals surface area (Å²) in [5.41, 5.74) is 9.07. The standard InChI is InChI=1S/C17H16N4S/c1-2-11-18-17(22)21-20-16-12-7-3-5-9-14(12)19-15-10-6-4-8-13(15)16/h2-10H,1,11H2,(H,19,20)(H2,18,21,22). The largest absolute Gasteiger partial charge is 0.358 e. The molecular weight excluding hydrogens is 292 g/mol. The Labute approximate surface area is 134 Å². The monoisotopic (exact) mass is 308 g/mol. The molecule has 0 saturated carbocycles. The van der Waals surface area contributed by atoms with Crippen LogP contribution in [0.5, 0.6) is 0 Å². The zero-order valence-electron chi connectivity index (χ0n) is 12.0. The predicted octanol–water partition coefficient (Wildman–Crippen LogP) is 3.37. The Kier molecular flexibility index (Phi) is 4.16. The summed E-state index contributed by atoms with van der Waals surface area (Å²) in [7, 11) is 0. The number of thiocarbonyl (C=S) groups is 1. The molecule has 3 rings (SSSR count). The van der Waals surface area contributed by atoms with Crippen molar-refractivity contribution in [2.75, 3.05) is 12.0 Å². The van der Waals surface area contributed by atoms with E-state index in [1.807, 2.05) is 48.5 Å². The van der Waals surface area contributed by atoms with E-state index in [9.17, 15) is 0 Å². The zero-order valence-corrected chi connectivity index (χ0v) is 12.8. The molecule has 0 radical (unpaired) electrons. The van der Waals surface area contributed by atoms with Crippen molar-refractivity contribution >= 4 is 44.8 Å². The summed E-state index contributed by atoms with van der Waals surface area (Å²) in [6.07, 6.45) is 1.76. The first kappa shape index (κ1) is 14.3. The molecule has 0 aliphatic carbocycles. The normalized spacial score (nSPS) is 10.4. The molecule has 4 nitrogen and oxygen atoms in total. The molecule has 0 saturated heterocycles. The number of benzene rings is 2. The van der Waals surface area contributed by atoms with Gasteiger partial charge in [-0.15, -0.1) is 6.58 Å². The van der Waals surface area contributed by atoms with Gasteiger partial charge in [0.25, 0.3) is 0 Å². The molecule has 0 unspecified atom stereocenters. The number of rotatable bonds is 4. The third kappa shape index (κ3) is 2.84. The Morgan fingerprint density at radius 1 is 1.05 bits per heavy atom. The minimum absolute atomic E-state index is 0.518. The van der Waals surface area contributed by atoms with Crippen LogP contribution in [0.1, 0.15) is 0 Å². The summed E-state index contributed by atoms with van der Waals surface area (Å²) < 4.78 is 0. The highest BCUT2D eigenvalue weighted by Gasteiger charge is 2.08. The highest BCUT2D eigenvalue weighted by Crippen LogP contribution is 2.29. The molecule has 3 aromatic rings. The second kappa shape index (κ2) is 6.41. The summed E-state index contributed by atoms with van der Waals surface area (Å²) in [6, 6.07) is 16.0. The Balaban J connectivity index is 2.01. The fraction of sp³-hybridized carbons (Fsp3) is 0.0588. The zero-order chi connectivity index (χ0) is 15.4. The molecule has 0 aliphatic rings. The first-order valence-electron chi connectivity index (χ1n) is 6.98. The number of hydrogen-bond donors (Lipinski definition) is 3. The van der Waals surface area contributed by atoms with Gasteiger partial charge in [0.1, 0.15) is 0 Å². The van der Waals surface area contributed by atoms with Crippen molar-refractivity contribution in [3.63, 3.8) is 0 Å². The summed E-state index contributed by atoms with van der Waals surface area (Å²) in [5, 5.41) is 5.62. The highest BCUT2D eigenvalue weighted by molar-refractivity contribution is 7.80. The van der Waals surface area contributed by atoms with Crippen LogP contribution < -0.4 is 16.2 Å². The van der Waals surface area contributed by atoms with Gasteiger partial charge >= 0.3 is 0 Å². The molecule has 0 atom stereocenters. The third-order valence-corrected chi connectivity index (χ3v) is 3.54. The predicted molar refractivity (Wildman–Crippen MR) is 96.8 cm³/mol. The van der Waals surface area contributed by atoms with E-state index in [-0.39, 0.29) is 0 Å². The maximum absolute atomic E-state index is 5.22. The summed E-state index contributed by atoms with van der Waals surface area (Å²) >= 11 is 5.22. The first-order chi connectivity index (χ1) is 10.8. The lowest BCUT2D eigenvalue weighted by Gasteiger charge is -2.15. The van der Waals surface area contributed by atoms with Crippen LogP contribution in [0, 0.1) is 0 Å². The van der Waals surface area contributed by atoms with E-state index in [0.29, 0.717) is 11.7 Å². The summed E-state index contributed by atoms with van der Waals surface area (Å²) in [6.45, 7) is 4.27. The topological polar surface area (TPSA) is 49.0 Å². The van der Waals surface area contributed by atoms with Crippen molar-refractivity contribution in [2.24, 2.45) is 0 Å². The lowest BCUT2D eigenvalue weighted by atomic mass is 10.1. The van der Waals surface area contributed by atoms with Gasteiger partial charge in [-0.05, 0) is 24.4 Å². The molecule has 0 bridgehead atoms. The van der Waals surface area contributed by atoms with Crippen molar-refractivity contribution in [3.05, 3.63) is 61.2 Å². The second-order valence-electron chi connectivity index (χ2n) is 4.77. The SMILES string of the molecule is C=CCNC(=S)NNc1c2ccccc2nc2ccccc12. The molecule has 3 N–H and O–H groups in total. The van der Waals surface area contributed by atoms with Gasteiger partial charge in [0.2, 0.25) is 0 Å². The van der Waals surface area contributed by atoms with Crippen LogP contribution in [-0.2, 0) is 0 Å². The maximum Gasteiger partial charge on any atom is 0.185 e. The van der Waals surface area contributed by atoms with E-state index >= 15 is 0 Å². The van der Waals surface area contributed by atoms with Crippen LogP contribution in [0.4, 0.5) is 5.69 Å². The van der Waals surface area contributed by atoms with Gasteiger partial charge in [0, 0.05) is 17.3 Å². The maximum atomic E-state index is 5.22. The lowest BCUT2D eigenvalue weighted by Crippen LogP contribution is -2.38. The average molecular weight is 308 g/mol. The summed E-state index contributed by atoms with van der Waals surface area (Å²) in [4.78, 5) is 4.69. The van der Waals surface area contributed by atoms with Crippen LogP contribution >= 0.6 is 12.2 Å². The Morgan fingerprint density at radius 2 is 1.64 bits per heavy atom. The molecule has 0 fully saturated rings. The van der Waals surface area contributed by atoms with E-state index in [1.165, 1.54) is 0 Å². The van der Waals surface area contributed by atoms with Crippen molar-refractivity contribution in [1.82, 2.24) is 15.7 Å². The van der Waals surface area contributed by atoms with Gasteiger partial charge in [-0.2, -0.15) is 0 Å². The molecule has 1 heterocycles. The van der Waals surface area contributed by atoms with Crippen molar-refractivity contribution in [3.8, 4) is 0 Å². The fourth-order valence-corrected chi connectivity index (χ4v) is 2.44. The number of hydrogen-bond acceptors (Lipinski definition) is 3. The number of fused-ring (bicyclic) bond motifs is 2. The number of anilines is 1. The van der Waals surface area contributed by atoms with Crippen molar-refractivity contribution in [1.29, 1.82) is 0 Å². The van der Waals surface area contributed by atoms with Gasteiger partial charge in [-0.25, -0.2) is 4.98 Å². The minimum Gasteiger partial charge on any atom is -0.358 e. The Hall–Kier alpha value is -2.66. The third-order valence-electron chi connectivity index (χ3n) is 3.30. The number of hydrazine groups is 1. The summed E-state index contributed by atoms with van der Waals surface area (Å²) in [5.74, 6) is 0. The molecule has 1 aromatic heterocycles. The number of nitrogens with zero attached hydrogens (tertiary/aromatic N) is 1. The Morgan fingerprint density at radius 3 is 2.23 bits per heavy atom. The van der Waals surface area contributed by atoms with Crippen LogP contribution in [0.3, 0.4) is 0 Å². The molecule has 22 heavy (non-hydrogen) atoms. The van der Waals surface area contributed by atoms with Gasteiger partial charge in [-0.3, -0.25) is 10.9 Å². The van der Waals surface area contributed by atoms with Crippen LogP contribution in [-0.4, -0.2) is 16.6 Å². The van der Waals surface area contributed by atoms with Crippen LogP contribution in [0.2, 0.25) is 0 Å². The molecule has 110 valence electrons. The molecular formula is C17H16N4S. The minimum atomic E-state index is 0.518. The van der Waals surface area contributed by atoms with Crippen LogP contribution in [0.15, 0.2) is 61.2 Å². The number of nitrogens with one attached hydrogen (secondary N) is 3. The Bertz CT molecular complexity index is 790. The van der Waals surface area contributed by atoms with E-state index in [4.69, 9.17) is 12.2 Å². The van der Waals surface area contributed by atoms with Gasteiger partial charge in [0.15, 0.2) is 5.11 Å². The van der Waals surface area contributed by atoms with E-state index in [1.54, 1.807) is 6.08 Å². The first-order valence-corrected chi connectivity index (χ1v) is 7.38. The van der Waals surface area contributed by atoms with Gasteiger partial charge in [0.05, 0.1) is 16.7 Å². The number of pyridine rings is 1. The molecule has 0 spiro atoms. The lowest BCUT2D eigenvalue weighted by molar-refractivity contribution is 0.981. The van der Waals surface area contributed by atoms with Crippen LogP contribution in [0.25, 0.3) is 21.8 Å². The molecule has 0 aliphatic heterocycles. The highest BCUT2D eigenvalue weighted by atomic mass is 32.1. The molecule has 5 heteroatoms. The average Bonchev–Trinajstić information content (AvgIpc) is 2.56. The van der Waals surface area contributed by atoms with Crippen molar-refractivity contribution in [2.45, 2.75) is 0 Å². The molecule has 2 aromatic carbocycles.